The van der Waals surface area contributed by atoms with E-state index in [4.69, 9.17) is 0 Å². The fourth-order valence-corrected chi connectivity index (χ4v) is 2.77. The Labute approximate surface area is 122 Å². The van der Waals surface area contributed by atoms with Crippen LogP contribution in [0.2, 0.25) is 0 Å². The van der Waals surface area contributed by atoms with Gasteiger partial charge in [-0.3, -0.25) is 14.7 Å². The second kappa shape index (κ2) is 5.65. The van der Waals surface area contributed by atoms with Gasteiger partial charge in [0.15, 0.2) is 5.69 Å². The molecule has 3 rings (SSSR count). The van der Waals surface area contributed by atoms with E-state index in [2.05, 4.69) is 15.5 Å². The number of nitrogens with zero attached hydrogens (tertiary/aromatic N) is 2. The summed E-state index contributed by atoms with van der Waals surface area (Å²) in [6.45, 7) is 1.29. The summed E-state index contributed by atoms with van der Waals surface area (Å²) in [6.07, 6.45) is 1.98. The molecule has 0 radical (unpaired) electrons. The van der Waals surface area contributed by atoms with Gasteiger partial charge in [0.25, 0.3) is 5.91 Å². The molecule has 1 aromatic carbocycles. The van der Waals surface area contributed by atoms with Gasteiger partial charge in [0.2, 0.25) is 5.43 Å². The van der Waals surface area contributed by atoms with Crippen molar-refractivity contribution in [2.24, 2.45) is 0 Å². The quantitative estimate of drug-likeness (QED) is 0.854. The van der Waals surface area contributed by atoms with Gasteiger partial charge in [-0.25, -0.2) is 0 Å². The van der Waals surface area contributed by atoms with E-state index < -0.39 is 0 Å². The number of aromatic amines is 1. The van der Waals surface area contributed by atoms with Gasteiger partial charge in [-0.05, 0) is 32.0 Å². The van der Waals surface area contributed by atoms with Crippen LogP contribution in [0.1, 0.15) is 23.3 Å². The van der Waals surface area contributed by atoms with Gasteiger partial charge in [0.05, 0.1) is 5.52 Å². The maximum Gasteiger partial charge on any atom is 0.278 e. The number of benzene rings is 1. The average Bonchev–Trinajstić information content (AvgIpc) is 2.55. The monoisotopic (exact) mass is 286 g/mol. The second-order valence-corrected chi connectivity index (χ2v) is 5.33. The summed E-state index contributed by atoms with van der Waals surface area (Å²) in [5, 5.41) is 10.5. The molecule has 21 heavy (non-hydrogen) atoms. The number of para-hydroxylation sites is 1. The van der Waals surface area contributed by atoms with E-state index in [0.29, 0.717) is 24.0 Å². The Morgan fingerprint density at radius 1 is 1.43 bits per heavy atom. The summed E-state index contributed by atoms with van der Waals surface area (Å²) < 4.78 is 0. The SMILES string of the molecule is CN[C@@H]1CCCN(C(=O)c2n[nH]c3ccccc3c2=O)C1. The van der Waals surface area contributed by atoms with Gasteiger partial charge in [-0.2, -0.15) is 5.10 Å². The molecule has 1 aliphatic heterocycles. The Morgan fingerprint density at radius 3 is 3.05 bits per heavy atom. The summed E-state index contributed by atoms with van der Waals surface area (Å²) >= 11 is 0. The molecule has 2 N–H and O–H groups in total. The number of hydrogen-bond donors (Lipinski definition) is 2. The molecule has 6 heteroatoms. The minimum absolute atomic E-state index is 0.0227. The lowest BCUT2D eigenvalue weighted by Gasteiger charge is -2.32. The average molecular weight is 286 g/mol. The predicted molar refractivity (Wildman–Crippen MR) is 80.3 cm³/mol. The molecule has 0 spiro atoms. The highest BCUT2D eigenvalue weighted by Crippen LogP contribution is 2.12. The molecule has 1 atom stereocenters. The van der Waals surface area contributed by atoms with Gasteiger partial charge in [-0.1, -0.05) is 12.1 Å². The number of hydrogen-bond acceptors (Lipinski definition) is 4. The number of carbonyl (C=O) groups excluding carboxylic acids is 1. The number of piperidine rings is 1. The van der Waals surface area contributed by atoms with Crippen LogP contribution in [0.15, 0.2) is 29.1 Å². The van der Waals surface area contributed by atoms with E-state index in [9.17, 15) is 9.59 Å². The van der Waals surface area contributed by atoms with Crippen molar-refractivity contribution in [1.29, 1.82) is 0 Å². The highest BCUT2D eigenvalue weighted by molar-refractivity contribution is 5.95. The maximum atomic E-state index is 12.5. The molecule has 1 aromatic heterocycles. The number of H-pyrrole nitrogens is 1. The third kappa shape index (κ3) is 2.54. The first-order chi connectivity index (χ1) is 10.2. The molecule has 0 aliphatic carbocycles. The summed E-state index contributed by atoms with van der Waals surface area (Å²) in [6, 6.07) is 7.37. The predicted octanol–water partition coefficient (Wildman–Crippen LogP) is 0.747. The number of likely N-dealkylation sites (tertiary alicyclic amines) is 1. The van der Waals surface area contributed by atoms with Crippen LogP contribution in [0.3, 0.4) is 0 Å². The van der Waals surface area contributed by atoms with Gasteiger partial charge in [0, 0.05) is 24.5 Å². The van der Waals surface area contributed by atoms with E-state index in [1.807, 2.05) is 13.1 Å². The number of rotatable bonds is 2. The van der Waals surface area contributed by atoms with Crippen LogP contribution >= 0.6 is 0 Å². The minimum atomic E-state index is -0.305. The van der Waals surface area contributed by atoms with Crippen molar-refractivity contribution in [3.8, 4) is 0 Å². The Morgan fingerprint density at radius 2 is 2.24 bits per heavy atom. The first-order valence-corrected chi connectivity index (χ1v) is 7.14. The molecule has 6 nitrogen and oxygen atoms in total. The summed E-state index contributed by atoms with van der Waals surface area (Å²) in [5.41, 5.74) is 0.317. The zero-order valence-electron chi connectivity index (χ0n) is 11.9. The van der Waals surface area contributed by atoms with E-state index in [1.54, 1.807) is 23.1 Å². The maximum absolute atomic E-state index is 12.5. The molecular formula is C15H18N4O2. The zero-order chi connectivity index (χ0) is 14.8. The lowest BCUT2D eigenvalue weighted by Crippen LogP contribution is -2.48. The first kappa shape index (κ1) is 13.8. The van der Waals surface area contributed by atoms with Crippen molar-refractivity contribution in [2.45, 2.75) is 18.9 Å². The van der Waals surface area contributed by atoms with E-state index in [-0.39, 0.29) is 23.1 Å². The Balaban J connectivity index is 1.94. The second-order valence-electron chi connectivity index (χ2n) is 5.33. The number of likely N-dealkylation sites (N-methyl/N-ethyl adjacent to an activating group) is 1. The molecular weight excluding hydrogens is 268 g/mol. The molecule has 1 amide bonds. The fourth-order valence-electron chi connectivity index (χ4n) is 2.77. The Hall–Kier alpha value is -2.21. The van der Waals surface area contributed by atoms with Gasteiger partial charge < -0.3 is 10.2 Å². The van der Waals surface area contributed by atoms with Crippen molar-refractivity contribution in [3.63, 3.8) is 0 Å². The Bertz CT molecular complexity index is 725. The third-order valence-electron chi connectivity index (χ3n) is 3.99. The number of amides is 1. The van der Waals surface area contributed by atoms with Crippen LogP contribution in [0.5, 0.6) is 0 Å². The molecule has 0 saturated carbocycles. The van der Waals surface area contributed by atoms with Crippen LogP contribution in [-0.4, -0.2) is 47.2 Å². The van der Waals surface area contributed by atoms with Crippen LogP contribution in [0, 0.1) is 0 Å². The van der Waals surface area contributed by atoms with E-state index in [1.165, 1.54) is 0 Å². The van der Waals surface area contributed by atoms with Crippen molar-refractivity contribution in [1.82, 2.24) is 20.4 Å². The van der Waals surface area contributed by atoms with Gasteiger partial charge in [0.1, 0.15) is 0 Å². The van der Waals surface area contributed by atoms with Crippen molar-refractivity contribution < 1.29 is 4.79 Å². The molecule has 2 heterocycles. The van der Waals surface area contributed by atoms with Gasteiger partial charge >= 0.3 is 0 Å². The first-order valence-electron chi connectivity index (χ1n) is 7.14. The minimum Gasteiger partial charge on any atom is -0.336 e. The van der Waals surface area contributed by atoms with Crippen LogP contribution < -0.4 is 10.7 Å². The smallest absolute Gasteiger partial charge is 0.278 e. The molecule has 1 fully saturated rings. The number of aromatic nitrogens is 2. The van der Waals surface area contributed by atoms with Crippen molar-refractivity contribution in [2.75, 3.05) is 20.1 Å². The lowest BCUT2D eigenvalue weighted by molar-refractivity contribution is 0.0690. The third-order valence-corrected chi connectivity index (χ3v) is 3.99. The lowest BCUT2D eigenvalue weighted by atomic mass is 10.1. The highest BCUT2D eigenvalue weighted by Gasteiger charge is 2.26. The standard InChI is InChI=1S/C15H18N4O2/c1-16-10-5-4-8-19(9-10)15(21)13-14(20)11-6-2-3-7-12(11)17-18-13/h2-3,6-7,10,16H,4-5,8-9H2,1H3,(H,17,20)/t10-/m1/s1. The number of nitrogens with one attached hydrogen (secondary N) is 2. The number of carbonyl (C=O) groups is 1. The summed E-state index contributed by atoms with van der Waals surface area (Å²) in [4.78, 5) is 26.7. The molecule has 1 aliphatic rings. The van der Waals surface area contributed by atoms with Crippen molar-refractivity contribution in [3.05, 3.63) is 40.2 Å². The zero-order valence-corrected chi connectivity index (χ0v) is 11.9. The van der Waals surface area contributed by atoms with Crippen LogP contribution in [0.4, 0.5) is 0 Å². The van der Waals surface area contributed by atoms with Crippen LogP contribution in [-0.2, 0) is 0 Å². The molecule has 0 unspecified atom stereocenters. The molecule has 1 saturated heterocycles. The summed E-state index contributed by atoms with van der Waals surface area (Å²) in [7, 11) is 1.89. The van der Waals surface area contributed by atoms with Crippen LogP contribution in [0.25, 0.3) is 10.9 Å². The van der Waals surface area contributed by atoms with E-state index in [0.717, 1.165) is 12.8 Å². The Kier molecular flexibility index (Phi) is 3.70. The summed E-state index contributed by atoms with van der Waals surface area (Å²) in [5.74, 6) is -0.290. The van der Waals surface area contributed by atoms with E-state index >= 15 is 0 Å². The highest BCUT2D eigenvalue weighted by atomic mass is 16.2. The molecule has 2 aromatic rings. The van der Waals surface area contributed by atoms with Crippen molar-refractivity contribution >= 4 is 16.8 Å². The number of fused-ring (bicyclic) bond motifs is 1. The molecule has 0 bridgehead atoms. The molecule has 110 valence electrons. The fraction of sp³-hybridized carbons (Fsp3) is 0.400. The largest absolute Gasteiger partial charge is 0.336 e. The van der Waals surface area contributed by atoms with Gasteiger partial charge in [-0.15, -0.1) is 0 Å². The normalized spacial score (nSPS) is 18.9. The topological polar surface area (TPSA) is 78.1 Å².